The van der Waals surface area contributed by atoms with E-state index in [2.05, 4.69) is 31.5 Å². The Morgan fingerprint density at radius 1 is 1.14 bits per heavy atom. The lowest BCUT2D eigenvalue weighted by Gasteiger charge is -2.08. The van der Waals surface area contributed by atoms with Gasteiger partial charge in [-0.05, 0) is 40.2 Å². The van der Waals surface area contributed by atoms with Crippen LogP contribution >= 0.6 is 27.5 Å². The van der Waals surface area contributed by atoms with Crippen LogP contribution in [0.4, 0.5) is 16.2 Å². The van der Waals surface area contributed by atoms with Gasteiger partial charge in [0.05, 0.1) is 22.5 Å². The first-order valence-corrected chi connectivity index (χ1v) is 6.84. The van der Waals surface area contributed by atoms with Crippen molar-refractivity contribution in [3.05, 3.63) is 51.7 Å². The van der Waals surface area contributed by atoms with E-state index in [4.69, 9.17) is 16.7 Å². The van der Waals surface area contributed by atoms with Gasteiger partial charge in [0, 0.05) is 16.4 Å². The van der Waals surface area contributed by atoms with Gasteiger partial charge in [-0.2, -0.15) is 0 Å². The maximum atomic E-state index is 11.8. The molecule has 6 nitrogen and oxygen atoms in total. The van der Waals surface area contributed by atoms with Gasteiger partial charge in [-0.3, -0.25) is 4.98 Å². The molecular weight excluding hydrogens is 362 g/mol. The molecule has 0 radical (unpaired) electrons. The van der Waals surface area contributed by atoms with E-state index in [1.54, 1.807) is 18.2 Å². The van der Waals surface area contributed by atoms with E-state index in [-0.39, 0.29) is 11.3 Å². The van der Waals surface area contributed by atoms with E-state index in [0.29, 0.717) is 15.2 Å². The van der Waals surface area contributed by atoms with Crippen molar-refractivity contribution in [2.24, 2.45) is 0 Å². The third-order valence-electron chi connectivity index (χ3n) is 2.42. The normalized spacial score (nSPS) is 10.0. The van der Waals surface area contributed by atoms with Crippen LogP contribution in [0.2, 0.25) is 5.02 Å². The molecule has 2 aromatic rings. The summed E-state index contributed by atoms with van der Waals surface area (Å²) in [6, 6.07) is 5.71. The summed E-state index contributed by atoms with van der Waals surface area (Å²) in [4.78, 5) is 26.4. The number of hydrogen-bond donors (Lipinski definition) is 3. The van der Waals surface area contributed by atoms with Crippen LogP contribution in [0.25, 0.3) is 0 Å². The second kappa shape index (κ2) is 6.55. The molecule has 1 aromatic carbocycles. The minimum atomic E-state index is -1.12. The topological polar surface area (TPSA) is 91.3 Å². The maximum Gasteiger partial charge on any atom is 0.337 e. The Morgan fingerprint density at radius 3 is 2.52 bits per heavy atom. The second-order valence-electron chi connectivity index (χ2n) is 3.98. The van der Waals surface area contributed by atoms with Gasteiger partial charge in [-0.25, -0.2) is 9.59 Å². The average Bonchev–Trinajstić information content (AvgIpc) is 2.43. The van der Waals surface area contributed by atoms with Crippen LogP contribution in [0.3, 0.4) is 0 Å². The standard InChI is InChI=1S/C13H9BrClN3O3/c14-10-4-8(1-2-11(10)15)17-13(21)18-9-3-7(12(19)20)5-16-6-9/h1-6H,(H,19,20)(H2,17,18,21). The van der Waals surface area contributed by atoms with Gasteiger partial charge in [0.15, 0.2) is 0 Å². The molecule has 0 spiro atoms. The second-order valence-corrected chi connectivity index (χ2v) is 5.24. The molecular formula is C13H9BrClN3O3. The lowest BCUT2D eigenvalue weighted by atomic mass is 10.2. The predicted molar refractivity (Wildman–Crippen MR) is 83.0 cm³/mol. The number of aromatic carboxylic acids is 1. The first-order chi connectivity index (χ1) is 9.95. The number of anilines is 2. The first-order valence-electron chi connectivity index (χ1n) is 5.67. The van der Waals surface area contributed by atoms with Gasteiger partial charge < -0.3 is 15.7 Å². The molecule has 0 unspecified atom stereocenters. The molecule has 0 saturated carbocycles. The molecule has 21 heavy (non-hydrogen) atoms. The van der Waals surface area contributed by atoms with Crippen LogP contribution in [0.5, 0.6) is 0 Å². The fourth-order valence-electron chi connectivity index (χ4n) is 1.49. The Morgan fingerprint density at radius 2 is 1.86 bits per heavy atom. The summed E-state index contributed by atoms with van der Waals surface area (Å²) in [6.45, 7) is 0. The smallest absolute Gasteiger partial charge is 0.337 e. The fraction of sp³-hybridized carbons (Fsp3) is 0. The highest BCUT2D eigenvalue weighted by Gasteiger charge is 2.08. The van der Waals surface area contributed by atoms with Crippen LogP contribution in [-0.2, 0) is 0 Å². The van der Waals surface area contributed by atoms with E-state index in [0.717, 1.165) is 0 Å². The largest absolute Gasteiger partial charge is 0.478 e. The number of amides is 2. The van der Waals surface area contributed by atoms with Gasteiger partial charge >= 0.3 is 12.0 Å². The highest BCUT2D eigenvalue weighted by Crippen LogP contribution is 2.25. The van der Waals surface area contributed by atoms with Crippen molar-refractivity contribution in [2.45, 2.75) is 0 Å². The zero-order chi connectivity index (χ0) is 15.4. The molecule has 1 aromatic heterocycles. The van der Waals surface area contributed by atoms with Gasteiger partial charge in [0.1, 0.15) is 0 Å². The SMILES string of the molecule is O=C(Nc1cncc(C(=O)O)c1)Nc1ccc(Cl)c(Br)c1. The van der Waals surface area contributed by atoms with E-state index in [9.17, 15) is 9.59 Å². The molecule has 8 heteroatoms. The summed E-state index contributed by atoms with van der Waals surface area (Å²) in [7, 11) is 0. The highest BCUT2D eigenvalue weighted by atomic mass is 79.9. The zero-order valence-electron chi connectivity index (χ0n) is 10.4. The molecule has 0 bridgehead atoms. The van der Waals surface area contributed by atoms with Gasteiger partial charge in [-0.1, -0.05) is 11.6 Å². The van der Waals surface area contributed by atoms with Gasteiger partial charge in [0.2, 0.25) is 0 Å². The van der Waals surface area contributed by atoms with Gasteiger partial charge in [-0.15, -0.1) is 0 Å². The van der Waals surface area contributed by atoms with Crippen molar-refractivity contribution in [3.8, 4) is 0 Å². The number of carboxylic acids is 1. The number of nitrogens with one attached hydrogen (secondary N) is 2. The molecule has 0 aliphatic heterocycles. The maximum absolute atomic E-state index is 11.8. The Hall–Kier alpha value is -2.12. The molecule has 1 heterocycles. The number of rotatable bonds is 3. The molecule has 0 atom stereocenters. The minimum absolute atomic E-state index is 0.0120. The molecule has 2 amide bonds. The molecule has 3 N–H and O–H groups in total. The molecule has 0 fully saturated rings. The van der Waals surface area contributed by atoms with Crippen molar-refractivity contribution in [3.63, 3.8) is 0 Å². The lowest BCUT2D eigenvalue weighted by molar-refractivity contribution is 0.0696. The highest BCUT2D eigenvalue weighted by molar-refractivity contribution is 9.10. The molecule has 108 valence electrons. The number of pyridine rings is 1. The van der Waals surface area contributed by atoms with E-state index >= 15 is 0 Å². The third-order valence-corrected chi connectivity index (χ3v) is 3.63. The van der Waals surface area contributed by atoms with E-state index in [1.165, 1.54) is 18.5 Å². The van der Waals surface area contributed by atoms with Crippen LogP contribution in [0.15, 0.2) is 41.1 Å². The van der Waals surface area contributed by atoms with Crippen LogP contribution in [-0.4, -0.2) is 22.1 Å². The number of carboxylic acid groups (broad SMARTS) is 1. The van der Waals surface area contributed by atoms with Crippen molar-refractivity contribution in [2.75, 3.05) is 10.6 Å². The minimum Gasteiger partial charge on any atom is -0.478 e. The van der Waals surface area contributed by atoms with E-state index in [1.807, 2.05) is 0 Å². The Balaban J connectivity index is 2.06. The number of aromatic nitrogens is 1. The molecule has 2 rings (SSSR count). The molecule has 0 aliphatic carbocycles. The van der Waals surface area contributed by atoms with Crippen LogP contribution < -0.4 is 10.6 Å². The predicted octanol–water partition coefficient (Wildman–Crippen LogP) is 3.84. The average molecular weight is 371 g/mol. The Kier molecular flexibility index (Phi) is 4.77. The van der Waals surface area contributed by atoms with Gasteiger partial charge in [0.25, 0.3) is 0 Å². The monoisotopic (exact) mass is 369 g/mol. The van der Waals surface area contributed by atoms with Crippen molar-refractivity contribution < 1.29 is 14.7 Å². The fourth-order valence-corrected chi connectivity index (χ4v) is 1.99. The van der Waals surface area contributed by atoms with E-state index < -0.39 is 12.0 Å². The number of hydrogen-bond acceptors (Lipinski definition) is 3. The van der Waals surface area contributed by atoms with Crippen LogP contribution in [0.1, 0.15) is 10.4 Å². The lowest BCUT2D eigenvalue weighted by Crippen LogP contribution is -2.19. The third kappa shape index (κ3) is 4.17. The van der Waals surface area contributed by atoms with Crippen molar-refractivity contribution in [1.29, 1.82) is 0 Å². The summed E-state index contributed by atoms with van der Waals surface area (Å²) in [5.74, 6) is -1.12. The number of urea groups is 1. The molecule has 0 aliphatic rings. The van der Waals surface area contributed by atoms with Crippen LogP contribution in [0, 0.1) is 0 Å². The Bertz CT molecular complexity index is 709. The number of nitrogens with zero attached hydrogens (tertiary/aromatic N) is 1. The summed E-state index contributed by atoms with van der Waals surface area (Å²) in [5, 5.41) is 14.5. The zero-order valence-corrected chi connectivity index (χ0v) is 12.8. The van der Waals surface area contributed by atoms with Crippen molar-refractivity contribution in [1.82, 2.24) is 4.98 Å². The van der Waals surface area contributed by atoms with Crippen molar-refractivity contribution >= 4 is 50.9 Å². The summed E-state index contributed by atoms with van der Waals surface area (Å²) < 4.78 is 0.650. The molecule has 0 saturated heterocycles. The number of benzene rings is 1. The summed E-state index contributed by atoms with van der Waals surface area (Å²) in [6.07, 6.45) is 2.55. The summed E-state index contributed by atoms with van der Waals surface area (Å²) in [5.41, 5.74) is 0.800. The number of carbonyl (C=O) groups is 2. The first kappa shape index (κ1) is 15.3. The summed E-state index contributed by atoms with van der Waals surface area (Å²) >= 11 is 9.10. The number of carbonyl (C=O) groups excluding carboxylic acids is 1. The number of halogens is 2. The quantitative estimate of drug-likeness (QED) is 0.765. The Labute approximate surface area is 133 Å².